The maximum absolute atomic E-state index is 13.1. The monoisotopic (exact) mass is 468 g/mol. The highest BCUT2D eigenvalue weighted by Gasteiger charge is 2.33. The highest BCUT2D eigenvalue weighted by atomic mass is 19.4. The molecule has 0 unspecified atom stereocenters. The van der Waals surface area contributed by atoms with Gasteiger partial charge in [0.2, 0.25) is 0 Å². The molecule has 3 heterocycles. The van der Waals surface area contributed by atoms with Gasteiger partial charge < -0.3 is 10.1 Å². The Kier molecular flexibility index (Phi) is 5.60. The van der Waals surface area contributed by atoms with E-state index in [0.29, 0.717) is 0 Å². The fraction of sp³-hybridized carbons (Fsp3) is 0.190. The molecular weight excluding hydrogens is 454 g/mol. The standard InChI is InChI=1S/C21H14F6N4O2/c22-20(23,24)13-3-1-2-12(10-13)15-5-6-16-18(30-15)31(8-9-33-16)19(32)29-14-4-7-17(28-11-14)21(25,26)27/h1-7,10-11H,8-9H2,(H,29,32). The highest BCUT2D eigenvalue weighted by Crippen LogP contribution is 2.35. The lowest BCUT2D eigenvalue weighted by atomic mass is 10.1. The first-order valence-electron chi connectivity index (χ1n) is 9.45. The summed E-state index contributed by atoms with van der Waals surface area (Å²) in [4.78, 5) is 21.5. The number of urea groups is 1. The number of hydrogen-bond acceptors (Lipinski definition) is 4. The Morgan fingerprint density at radius 2 is 1.79 bits per heavy atom. The van der Waals surface area contributed by atoms with E-state index in [-0.39, 0.29) is 41.7 Å². The van der Waals surface area contributed by atoms with E-state index in [9.17, 15) is 31.1 Å². The van der Waals surface area contributed by atoms with E-state index < -0.39 is 29.6 Å². The van der Waals surface area contributed by atoms with Crippen LogP contribution in [0.5, 0.6) is 5.75 Å². The number of carbonyl (C=O) groups is 1. The molecule has 0 saturated carbocycles. The molecule has 0 spiro atoms. The van der Waals surface area contributed by atoms with E-state index in [1.165, 1.54) is 29.2 Å². The number of hydrogen-bond donors (Lipinski definition) is 1. The molecule has 1 aliphatic rings. The van der Waals surface area contributed by atoms with Crippen molar-refractivity contribution in [1.82, 2.24) is 9.97 Å². The van der Waals surface area contributed by atoms with Gasteiger partial charge in [0.05, 0.1) is 29.7 Å². The van der Waals surface area contributed by atoms with Crippen molar-refractivity contribution in [3.63, 3.8) is 0 Å². The van der Waals surface area contributed by atoms with Gasteiger partial charge in [-0.05, 0) is 36.4 Å². The summed E-state index contributed by atoms with van der Waals surface area (Å²) in [5, 5.41) is 2.43. The first-order chi connectivity index (χ1) is 15.5. The molecule has 0 aliphatic carbocycles. The first kappa shape index (κ1) is 22.4. The third-order valence-corrected chi connectivity index (χ3v) is 4.70. The normalized spacial score (nSPS) is 13.8. The maximum atomic E-state index is 13.1. The van der Waals surface area contributed by atoms with Crippen LogP contribution in [0.2, 0.25) is 0 Å². The Balaban J connectivity index is 1.60. The summed E-state index contributed by atoms with van der Waals surface area (Å²) in [5.74, 6) is 0.297. The van der Waals surface area contributed by atoms with Gasteiger partial charge in [-0.1, -0.05) is 12.1 Å². The van der Waals surface area contributed by atoms with Crippen molar-refractivity contribution in [2.75, 3.05) is 23.4 Å². The van der Waals surface area contributed by atoms with E-state index in [1.807, 2.05) is 0 Å². The van der Waals surface area contributed by atoms with Gasteiger partial charge in [0.25, 0.3) is 0 Å². The van der Waals surface area contributed by atoms with Crippen LogP contribution in [0, 0.1) is 0 Å². The number of rotatable bonds is 2. The van der Waals surface area contributed by atoms with Crippen LogP contribution in [-0.4, -0.2) is 29.2 Å². The third-order valence-electron chi connectivity index (χ3n) is 4.70. The van der Waals surface area contributed by atoms with Crippen molar-refractivity contribution in [3.8, 4) is 17.0 Å². The van der Waals surface area contributed by atoms with Gasteiger partial charge >= 0.3 is 18.4 Å². The van der Waals surface area contributed by atoms with Crippen molar-refractivity contribution in [2.45, 2.75) is 12.4 Å². The lowest BCUT2D eigenvalue weighted by Crippen LogP contribution is -2.41. The molecule has 172 valence electrons. The van der Waals surface area contributed by atoms with Gasteiger partial charge in [0.1, 0.15) is 12.3 Å². The van der Waals surface area contributed by atoms with Crippen LogP contribution < -0.4 is 15.0 Å². The van der Waals surface area contributed by atoms with Gasteiger partial charge in [-0.3, -0.25) is 4.90 Å². The topological polar surface area (TPSA) is 67.4 Å². The van der Waals surface area contributed by atoms with E-state index in [0.717, 1.165) is 30.5 Å². The molecule has 1 aromatic carbocycles. The molecule has 6 nitrogen and oxygen atoms in total. The molecule has 1 aliphatic heterocycles. The molecule has 3 aromatic rings. The number of aromatic nitrogens is 2. The van der Waals surface area contributed by atoms with Gasteiger partial charge in [0.15, 0.2) is 11.6 Å². The average Bonchev–Trinajstić information content (AvgIpc) is 2.77. The fourth-order valence-corrected chi connectivity index (χ4v) is 3.13. The van der Waals surface area contributed by atoms with Crippen LogP contribution in [0.4, 0.5) is 42.6 Å². The molecule has 0 bridgehead atoms. The minimum Gasteiger partial charge on any atom is -0.488 e. The predicted octanol–water partition coefficient (Wildman–Crippen LogP) is 5.61. The van der Waals surface area contributed by atoms with Crippen molar-refractivity contribution in [3.05, 3.63) is 66.0 Å². The number of halogens is 6. The van der Waals surface area contributed by atoms with Crippen LogP contribution in [0.1, 0.15) is 11.3 Å². The number of pyridine rings is 2. The molecule has 1 N–H and O–H groups in total. The minimum absolute atomic E-state index is 0.0232. The number of ether oxygens (including phenoxy) is 1. The smallest absolute Gasteiger partial charge is 0.433 e. The van der Waals surface area contributed by atoms with Crippen molar-refractivity contribution >= 4 is 17.5 Å². The van der Waals surface area contributed by atoms with Gasteiger partial charge in [-0.25, -0.2) is 14.8 Å². The summed E-state index contributed by atoms with van der Waals surface area (Å²) >= 11 is 0. The molecule has 12 heteroatoms. The zero-order valence-electron chi connectivity index (χ0n) is 16.5. The van der Waals surface area contributed by atoms with Crippen molar-refractivity contribution in [1.29, 1.82) is 0 Å². The van der Waals surface area contributed by atoms with Gasteiger partial charge in [-0.2, -0.15) is 26.3 Å². The van der Waals surface area contributed by atoms with Crippen LogP contribution in [0.15, 0.2) is 54.7 Å². The molecule has 0 fully saturated rings. The second-order valence-electron chi connectivity index (χ2n) is 6.96. The molecule has 2 aromatic heterocycles. The molecule has 2 amide bonds. The van der Waals surface area contributed by atoms with Gasteiger partial charge in [0, 0.05) is 5.56 Å². The van der Waals surface area contributed by atoms with Crippen LogP contribution in [0.25, 0.3) is 11.3 Å². The van der Waals surface area contributed by atoms with E-state index in [1.54, 1.807) is 0 Å². The molecular formula is C21H14F6N4O2. The summed E-state index contributed by atoms with van der Waals surface area (Å²) in [5.41, 5.74) is -1.57. The number of benzene rings is 1. The largest absolute Gasteiger partial charge is 0.488 e. The number of fused-ring (bicyclic) bond motifs is 1. The minimum atomic E-state index is -4.62. The quantitative estimate of drug-likeness (QED) is 0.497. The van der Waals surface area contributed by atoms with Crippen molar-refractivity contribution in [2.24, 2.45) is 0 Å². The number of alkyl halides is 6. The van der Waals surface area contributed by atoms with Crippen LogP contribution in [0.3, 0.4) is 0 Å². The molecule has 33 heavy (non-hydrogen) atoms. The number of nitrogens with one attached hydrogen (secondary N) is 1. The Morgan fingerprint density at radius 3 is 2.45 bits per heavy atom. The highest BCUT2D eigenvalue weighted by molar-refractivity contribution is 6.02. The van der Waals surface area contributed by atoms with Gasteiger partial charge in [-0.15, -0.1) is 0 Å². The molecule has 0 saturated heterocycles. The second kappa shape index (κ2) is 8.26. The summed E-state index contributed by atoms with van der Waals surface area (Å²) in [6.07, 6.45) is -8.28. The number of carbonyl (C=O) groups excluding carboxylic acids is 1. The van der Waals surface area contributed by atoms with Crippen molar-refractivity contribution < 1.29 is 35.9 Å². The molecule has 0 atom stereocenters. The summed E-state index contributed by atoms with van der Waals surface area (Å²) < 4.78 is 82.6. The summed E-state index contributed by atoms with van der Waals surface area (Å²) in [7, 11) is 0. The van der Waals surface area contributed by atoms with Crippen LogP contribution in [-0.2, 0) is 12.4 Å². The Bertz CT molecular complexity index is 1180. The molecule has 0 radical (unpaired) electrons. The SMILES string of the molecule is O=C(Nc1ccc(C(F)(F)F)nc1)N1CCOc2ccc(-c3cccc(C(F)(F)F)c3)nc21. The summed E-state index contributed by atoms with van der Waals surface area (Å²) in [6, 6.07) is 8.60. The van der Waals surface area contributed by atoms with E-state index in [2.05, 4.69) is 15.3 Å². The third kappa shape index (κ3) is 4.83. The Labute approximate surface area is 182 Å². The van der Waals surface area contributed by atoms with Crippen LogP contribution >= 0.6 is 0 Å². The zero-order chi connectivity index (χ0) is 23.8. The number of anilines is 2. The van der Waals surface area contributed by atoms with E-state index >= 15 is 0 Å². The maximum Gasteiger partial charge on any atom is 0.433 e. The Hall–Kier alpha value is -3.83. The second-order valence-corrected chi connectivity index (χ2v) is 6.96. The lowest BCUT2D eigenvalue weighted by Gasteiger charge is -2.28. The number of nitrogens with zero attached hydrogens (tertiary/aromatic N) is 3. The zero-order valence-corrected chi connectivity index (χ0v) is 16.5. The Morgan fingerprint density at radius 1 is 1.00 bits per heavy atom. The average molecular weight is 468 g/mol. The number of amides is 2. The molecule has 4 rings (SSSR count). The summed E-state index contributed by atoms with van der Waals surface area (Å²) in [6.45, 7) is 0.183. The van der Waals surface area contributed by atoms with E-state index in [4.69, 9.17) is 4.74 Å². The first-order valence-corrected chi connectivity index (χ1v) is 9.45. The lowest BCUT2D eigenvalue weighted by molar-refractivity contribution is -0.141. The predicted molar refractivity (Wildman–Crippen MR) is 106 cm³/mol. The fourth-order valence-electron chi connectivity index (χ4n) is 3.13.